The lowest BCUT2D eigenvalue weighted by atomic mass is 10.2. The largest absolute Gasteiger partial charge is 0.465 e. The average Bonchev–Trinajstić information content (AvgIpc) is 3.31. The molecule has 2 atom stereocenters. The van der Waals surface area contributed by atoms with Gasteiger partial charge in [-0.15, -0.1) is 0 Å². The first-order chi connectivity index (χ1) is 18.8. The molecule has 200 valence electrons. The molecule has 1 amide bonds. The van der Waals surface area contributed by atoms with Crippen molar-refractivity contribution in [2.45, 2.75) is 45.8 Å². The molecule has 1 fully saturated rings. The van der Waals surface area contributed by atoms with Crippen molar-refractivity contribution in [2.24, 2.45) is 0 Å². The highest BCUT2D eigenvalue weighted by atomic mass is 31.1. The second-order valence-corrected chi connectivity index (χ2v) is 15.6. The van der Waals surface area contributed by atoms with E-state index < -0.39 is 21.9 Å². The van der Waals surface area contributed by atoms with Gasteiger partial charge in [0.2, 0.25) is 0 Å². The molecule has 5 rings (SSSR count). The van der Waals surface area contributed by atoms with Crippen LogP contribution in [0.3, 0.4) is 0 Å². The molecule has 0 radical (unpaired) electrons. The zero-order valence-electron chi connectivity index (χ0n) is 23.2. The molecule has 39 heavy (non-hydrogen) atoms. The van der Waals surface area contributed by atoms with Crippen LogP contribution in [0.5, 0.6) is 0 Å². The Morgan fingerprint density at radius 2 is 1.13 bits per heavy atom. The summed E-state index contributed by atoms with van der Waals surface area (Å²) in [6, 6.07) is 35.2. The first kappa shape index (κ1) is 27.6. The molecule has 5 heteroatoms. The summed E-state index contributed by atoms with van der Waals surface area (Å²) in [4.78, 5) is 14.4. The van der Waals surface area contributed by atoms with Crippen LogP contribution in [-0.4, -0.2) is 40.5 Å². The number of aryl methyl sites for hydroxylation is 4. The van der Waals surface area contributed by atoms with Gasteiger partial charge in [0.25, 0.3) is 0 Å². The summed E-state index contributed by atoms with van der Waals surface area (Å²) < 4.78 is 0. The van der Waals surface area contributed by atoms with Crippen molar-refractivity contribution in [3.05, 3.63) is 119 Å². The minimum Gasteiger partial charge on any atom is -0.465 e. The van der Waals surface area contributed by atoms with Gasteiger partial charge >= 0.3 is 6.09 Å². The molecule has 1 heterocycles. The Morgan fingerprint density at radius 3 is 1.54 bits per heavy atom. The molecular formula is C34H37NO2P2. The van der Waals surface area contributed by atoms with Crippen LogP contribution in [0.1, 0.15) is 28.7 Å². The van der Waals surface area contributed by atoms with Gasteiger partial charge in [0, 0.05) is 18.2 Å². The van der Waals surface area contributed by atoms with E-state index >= 15 is 0 Å². The van der Waals surface area contributed by atoms with Gasteiger partial charge in [-0.3, -0.25) is 0 Å². The molecule has 0 unspecified atom stereocenters. The molecule has 0 aliphatic carbocycles. The fraction of sp³-hybridized carbons (Fsp3) is 0.265. The fourth-order valence-electron chi connectivity index (χ4n) is 5.78. The minimum absolute atomic E-state index is 0.0146. The second kappa shape index (κ2) is 12.0. The summed E-state index contributed by atoms with van der Waals surface area (Å²) in [5.41, 5.74) is 5.26. The monoisotopic (exact) mass is 553 g/mol. The number of carbonyl (C=O) groups is 1. The maximum atomic E-state index is 12.7. The van der Waals surface area contributed by atoms with Gasteiger partial charge in [-0.25, -0.2) is 4.79 Å². The van der Waals surface area contributed by atoms with Crippen LogP contribution in [0.25, 0.3) is 0 Å². The third kappa shape index (κ3) is 6.43. The van der Waals surface area contributed by atoms with E-state index in [0.717, 1.165) is 12.6 Å². The topological polar surface area (TPSA) is 40.5 Å². The molecule has 1 aliphatic rings. The Balaban J connectivity index is 1.52. The van der Waals surface area contributed by atoms with Crippen molar-refractivity contribution in [1.82, 2.24) is 4.90 Å². The summed E-state index contributed by atoms with van der Waals surface area (Å²) >= 11 is 0. The van der Waals surface area contributed by atoms with E-state index in [1.165, 1.54) is 43.5 Å². The molecule has 0 spiro atoms. The predicted molar refractivity (Wildman–Crippen MR) is 169 cm³/mol. The first-order valence-electron chi connectivity index (χ1n) is 13.6. The number of amides is 1. The van der Waals surface area contributed by atoms with E-state index in [4.69, 9.17) is 0 Å². The molecular weight excluding hydrogens is 516 g/mol. The molecule has 1 N–H and O–H groups in total. The summed E-state index contributed by atoms with van der Waals surface area (Å²) in [5, 5.41) is 15.7. The van der Waals surface area contributed by atoms with Crippen LogP contribution in [0.4, 0.5) is 4.79 Å². The quantitative estimate of drug-likeness (QED) is 0.262. The molecule has 3 nitrogen and oxygen atoms in total. The van der Waals surface area contributed by atoms with Gasteiger partial charge in [-0.05, 0) is 77.3 Å². The van der Waals surface area contributed by atoms with Crippen LogP contribution >= 0.6 is 15.8 Å². The predicted octanol–water partition coefficient (Wildman–Crippen LogP) is 6.61. The lowest BCUT2D eigenvalue weighted by Gasteiger charge is -2.27. The zero-order valence-corrected chi connectivity index (χ0v) is 25.0. The number of hydrogen-bond acceptors (Lipinski definition) is 1. The van der Waals surface area contributed by atoms with E-state index in [1.54, 1.807) is 4.90 Å². The lowest BCUT2D eigenvalue weighted by Crippen LogP contribution is -2.38. The molecule has 0 aromatic heterocycles. The van der Waals surface area contributed by atoms with E-state index in [1.807, 2.05) is 0 Å². The molecule has 4 aromatic carbocycles. The van der Waals surface area contributed by atoms with Crippen LogP contribution in [0.2, 0.25) is 0 Å². The Bertz CT molecular complexity index is 1380. The van der Waals surface area contributed by atoms with Crippen LogP contribution < -0.4 is 21.2 Å². The van der Waals surface area contributed by atoms with Gasteiger partial charge in [0.1, 0.15) is 0 Å². The number of nitrogens with zero attached hydrogens (tertiary/aromatic N) is 1. The van der Waals surface area contributed by atoms with Crippen molar-refractivity contribution in [1.29, 1.82) is 0 Å². The highest BCUT2D eigenvalue weighted by molar-refractivity contribution is 7.74. The normalized spacial score (nSPS) is 17.2. The molecule has 0 bridgehead atoms. The van der Waals surface area contributed by atoms with Gasteiger partial charge in [-0.1, -0.05) is 119 Å². The van der Waals surface area contributed by atoms with E-state index in [9.17, 15) is 9.90 Å². The van der Waals surface area contributed by atoms with Crippen molar-refractivity contribution < 1.29 is 9.90 Å². The van der Waals surface area contributed by atoms with Gasteiger partial charge < -0.3 is 10.0 Å². The van der Waals surface area contributed by atoms with Gasteiger partial charge in [0.15, 0.2) is 0 Å². The number of likely N-dealkylation sites (tertiary alicyclic amines) is 1. The SMILES string of the molecule is Cc1cccc(P(C[C@@H]2C[C@H](P(c3cccc(C)c3)c3cccc(C)c3)CN2C(=O)O)c2cccc(C)c2)c1. The third-order valence-corrected chi connectivity index (χ3v) is 12.9. The Hall–Kier alpha value is -2.99. The third-order valence-electron chi connectivity index (χ3n) is 7.58. The maximum Gasteiger partial charge on any atom is 0.407 e. The minimum atomic E-state index is -0.797. The van der Waals surface area contributed by atoms with Crippen molar-refractivity contribution in [3.63, 3.8) is 0 Å². The molecule has 0 saturated carbocycles. The number of carboxylic acid groups (broad SMARTS) is 1. The van der Waals surface area contributed by atoms with Crippen molar-refractivity contribution >= 4 is 43.2 Å². The first-order valence-corrected chi connectivity index (χ1v) is 16.6. The van der Waals surface area contributed by atoms with Gasteiger partial charge in [0.05, 0.1) is 0 Å². The lowest BCUT2D eigenvalue weighted by molar-refractivity contribution is 0.144. The smallest absolute Gasteiger partial charge is 0.407 e. The maximum absolute atomic E-state index is 12.7. The molecule has 4 aromatic rings. The standard InChI is InChI=1S/C34H37NO2P2/c1-24-9-5-13-29(17-24)38(30-14-6-10-25(2)18-30)23-28-21-33(22-35(28)34(36)37)39(31-15-7-11-26(3)19-31)32-16-8-12-27(4)20-32/h5-20,28,33H,21-23H2,1-4H3,(H,36,37)/t28-,33-/m0/s1. The molecule has 1 aliphatic heterocycles. The fourth-order valence-corrected chi connectivity index (χ4v) is 11.6. The average molecular weight is 554 g/mol. The summed E-state index contributed by atoms with van der Waals surface area (Å²) in [5.74, 6) is 0. The molecule has 1 saturated heterocycles. The van der Waals surface area contributed by atoms with E-state index in [-0.39, 0.29) is 11.7 Å². The Morgan fingerprint density at radius 1 is 0.718 bits per heavy atom. The highest BCUT2D eigenvalue weighted by Crippen LogP contribution is 2.48. The van der Waals surface area contributed by atoms with Gasteiger partial charge in [-0.2, -0.15) is 0 Å². The number of hydrogen-bond donors (Lipinski definition) is 1. The summed E-state index contributed by atoms with van der Waals surface area (Å²) in [6.07, 6.45) is 0.931. The summed E-state index contributed by atoms with van der Waals surface area (Å²) in [7, 11) is -1.40. The highest BCUT2D eigenvalue weighted by Gasteiger charge is 2.41. The van der Waals surface area contributed by atoms with Crippen LogP contribution in [-0.2, 0) is 0 Å². The second-order valence-electron chi connectivity index (χ2n) is 10.8. The van der Waals surface area contributed by atoms with Crippen molar-refractivity contribution in [3.8, 4) is 0 Å². The van der Waals surface area contributed by atoms with Crippen molar-refractivity contribution in [2.75, 3.05) is 12.7 Å². The Kier molecular flexibility index (Phi) is 8.51. The zero-order chi connectivity index (χ0) is 27.5. The van der Waals surface area contributed by atoms with E-state index in [2.05, 4.69) is 125 Å². The van der Waals surface area contributed by atoms with Crippen LogP contribution in [0, 0.1) is 27.7 Å². The number of rotatable bonds is 7. The van der Waals surface area contributed by atoms with E-state index in [0.29, 0.717) is 6.54 Å². The van der Waals surface area contributed by atoms with Crippen LogP contribution in [0.15, 0.2) is 97.1 Å². The summed E-state index contributed by atoms with van der Waals surface area (Å²) in [6.45, 7) is 9.15. The Labute approximate surface area is 235 Å². The number of benzene rings is 4.